The Bertz CT molecular complexity index is 452. The number of aryl methyl sites for hydroxylation is 1. The van der Waals surface area contributed by atoms with Gasteiger partial charge < -0.3 is 10.5 Å². The molecule has 2 aromatic heterocycles. The van der Waals surface area contributed by atoms with Gasteiger partial charge in [0.05, 0.1) is 7.11 Å². The largest absolute Gasteiger partial charge is 0.493 e. The van der Waals surface area contributed by atoms with Gasteiger partial charge in [-0.2, -0.15) is 0 Å². The van der Waals surface area contributed by atoms with E-state index >= 15 is 0 Å². The van der Waals surface area contributed by atoms with Crippen molar-refractivity contribution in [1.82, 2.24) is 14.6 Å². The molecule has 2 aromatic rings. The molecular formula is C10H14N4O. The number of pyridine rings is 1. The van der Waals surface area contributed by atoms with Crippen LogP contribution in [-0.2, 0) is 6.42 Å². The van der Waals surface area contributed by atoms with Crippen LogP contribution in [0.5, 0.6) is 5.75 Å². The molecule has 0 amide bonds. The summed E-state index contributed by atoms with van der Waals surface area (Å²) in [4.78, 5) is 0. The van der Waals surface area contributed by atoms with Crippen molar-refractivity contribution >= 4 is 5.65 Å². The second-order valence-electron chi connectivity index (χ2n) is 3.28. The lowest BCUT2D eigenvalue weighted by atomic mass is 10.3. The molecule has 2 rings (SSSR count). The third-order valence-corrected chi connectivity index (χ3v) is 2.29. The van der Waals surface area contributed by atoms with Gasteiger partial charge in [-0.1, -0.05) is 0 Å². The van der Waals surface area contributed by atoms with Crippen LogP contribution in [0.2, 0.25) is 0 Å². The van der Waals surface area contributed by atoms with Crippen LogP contribution in [0.3, 0.4) is 0 Å². The van der Waals surface area contributed by atoms with E-state index in [4.69, 9.17) is 10.5 Å². The zero-order chi connectivity index (χ0) is 10.7. The Morgan fingerprint density at radius 3 is 3.07 bits per heavy atom. The highest BCUT2D eigenvalue weighted by molar-refractivity contribution is 5.52. The molecule has 0 fully saturated rings. The van der Waals surface area contributed by atoms with Crippen LogP contribution in [-0.4, -0.2) is 28.3 Å². The molecule has 0 aliphatic carbocycles. The van der Waals surface area contributed by atoms with Crippen LogP contribution in [0.15, 0.2) is 18.3 Å². The van der Waals surface area contributed by atoms with Crippen molar-refractivity contribution in [1.29, 1.82) is 0 Å². The summed E-state index contributed by atoms with van der Waals surface area (Å²) in [5.74, 6) is 1.67. The molecule has 80 valence electrons. The molecule has 0 spiro atoms. The molecule has 0 bridgehead atoms. The highest BCUT2D eigenvalue weighted by atomic mass is 16.5. The molecule has 0 atom stereocenters. The maximum absolute atomic E-state index is 5.46. The van der Waals surface area contributed by atoms with Gasteiger partial charge in [-0.25, -0.2) is 0 Å². The molecule has 2 N–H and O–H groups in total. The summed E-state index contributed by atoms with van der Waals surface area (Å²) in [5, 5.41) is 8.21. The van der Waals surface area contributed by atoms with Crippen molar-refractivity contribution in [2.45, 2.75) is 12.8 Å². The van der Waals surface area contributed by atoms with Crippen molar-refractivity contribution in [3.8, 4) is 5.75 Å². The van der Waals surface area contributed by atoms with E-state index < -0.39 is 0 Å². The molecule has 0 unspecified atom stereocenters. The van der Waals surface area contributed by atoms with Gasteiger partial charge in [0.25, 0.3) is 0 Å². The van der Waals surface area contributed by atoms with Crippen LogP contribution >= 0.6 is 0 Å². The van der Waals surface area contributed by atoms with Gasteiger partial charge in [-0.05, 0) is 25.1 Å². The fourth-order valence-corrected chi connectivity index (χ4v) is 1.53. The fraction of sp³-hybridized carbons (Fsp3) is 0.400. The van der Waals surface area contributed by atoms with E-state index in [1.165, 1.54) is 0 Å². The van der Waals surface area contributed by atoms with Gasteiger partial charge in [0.1, 0.15) is 5.82 Å². The molecule has 2 heterocycles. The highest BCUT2D eigenvalue weighted by Gasteiger charge is 2.08. The van der Waals surface area contributed by atoms with Crippen molar-refractivity contribution in [3.63, 3.8) is 0 Å². The predicted octanol–water partition coefficient (Wildman–Crippen LogP) is 0.629. The Balaban J connectivity index is 2.42. The van der Waals surface area contributed by atoms with Gasteiger partial charge in [0, 0.05) is 12.6 Å². The van der Waals surface area contributed by atoms with Crippen molar-refractivity contribution in [2.75, 3.05) is 13.7 Å². The van der Waals surface area contributed by atoms with E-state index in [1.807, 2.05) is 22.7 Å². The average Bonchev–Trinajstić information content (AvgIpc) is 2.69. The number of fused-ring (bicyclic) bond motifs is 1. The third kappa shape index (κ3) is 1.78. The summed E-state index contributed by atoms with van der Waals surface area (Å²) < 4.78 is 7.14. The standard InChI is InChI=1S/C10H14N4O/c1-15-8-4-3-7-14-9(5-2-6-11)12-13-10(8)14/h3-4,7H,2,5-6,11H2,1H3. The van der Waals surface area contributed by atoms with Gasteiger partial charge in [0.2, 0.25) is 5.65 Å². The Hall–Kier alpha value is -1.62. The van der Waals surface area contributed by atoms with E-state index in [0.717, 1.165) is 30.1 Å². The molecule has 5 heteroatoms. The molecular weight excluding hydrogens is 192 g/mol. The first-order valence-electron chi connectivity index (χ1n) is 4.93. The first kappa shape index (κ1) is 9.92. The Labute approximate surface area is 87.9 Å². The zero-order valence-electron chi connectivity index (χ0n) is 8.68. The molecule has 0 aliphatic heterocycles. The number of ether oxygens (including phenoxy) is 1. The number of hydrogen-bond acceptors (Lipinski definition) is 4. The Kier molecular flexibility index (Phi) is 2.82. The third-order valence-electron chi connectivity index (χ3n) is 2.29. The first-order valence-corrected chi connectivity index (χ1v) is 4.93. The maximum atomic E-state index is 5.46. The van der Waals surface area contributed by atoms with E-state index in [0.29, 0.717) is 6.54 Å². The summed E-state index contributed by atoms with van der Waals surface area (Å²) in [5.41, 5.74) is 6.22. The topological polar surface area (TPSA) is 65.4 Å². The van der Waals surface area contributed by atoms with E-state index in [1.54, 1.807) is 7.11 Å². The predicted molar refractivity (Wildman–Crippen MR) is 56.9 cm³/mol. The second-order valence-corrected chi connectivity index (χ2v) is 3.28. The zero-order valence-corrected chi connectivity index (χ0v) is 8.68. The van der Waals surface area contributed by atoms with Crippen LogP contribution in [0, 0.1) is 0 Å². The Morgan fingerprint density at radius 1 is 1.47 bits per heavy atom. The summed E-state index contributed by atoms with van der Waals surface area (Å²) in [7, 11) is 1.63. The number of nitrogens with two attached hydrogens (primary N) is 1. The normalized spacial score (nSPS) is 10.8. The minimum atomic E-state index is 0.666. The summed E-state index contributed by atoms with van der Waals surface area (Å²) in [6.07, 6.45) is 3.69. The van der Waals surface area contributed by atoms with Gasteiger partial charge in [0.15, 0.2) is 5.75 Å². The fourth-order valence-electron chi connectivity index (χ4n) is 1.53. The lowest BCUT2D eigenvalue weighted by Gasteiger charge is -2.02. The van der Waals surface area contributed by atoms with Gasteiger partial charge in [-0.15, -0.1) is 10.2 Å². The van der Waals surface area contributed by atoms with E-state index in [2.05, 4.69) is 10.2 Å². The number of hydrogen-bond donors (Lipinski definition) is 1. The monoisotopic (exact) mass is 206 g/mol. The van der Waals surface area contributed by atoms with Crippen molar-refractivity contribution < 1.29 is 4.74 Å². The van der Waals surface area contributed by atoms with Gasteiger partial charge >= 0.3 is 0 Å². The van der Waals surface area contributed by atoms with Gasteiger partial charge in [-0.3, -0.25) is 4.40 Å². The molecule has 0 saturated heterocycles. The molecule has 0 aliphatic rings. The smallest absolute Gasteiger partial charge is 0.203 e. The number of aromatic nitrogens is 3. The van der Waals surface area contributed by atoms with Crippen molar-refractivity contribution in [3.05, 3.63) is 24.2 Å². The molecule has 0 aromatic carbocycles. The lowest BCUT2D eigenvalue weighted by molar-refractivity contribution is 0.416. The maximum Gasteiger partial charge on any atom is 0.203 e. The van der Waals surface area contributed by atoms with Crippen LogP contribution in [0.1, 0.15) is 12.2 Å². The SMILES string of the molecule is COc1cccn2c(CCCN)nnc12. The second kappa shape index (κ2) is 4.27. The minimum Gasteiger partial charge on any atom is -0.493 e. The number of nitrogens with zero attached hydrogens (tertiary/aromatic N) is 3. The summed E-state index contributed by atoms with van der Waals surface area (Å²) >= 11 is 0. The van der Waals surface area contributed by atoms with Crippen LogP contribution in [0.25, 0.3) is 5.65 Å². The number of methoxy groups -OCH3 is 1. The summed E-state index contributed by atoms with van der Waals surface area (Å²) in [6.45, 7) is 0.666. The summed E-state index contributed by atoms with van der Waals surface area (Å²) in [6, 6.07) is 3.79. The molecule has 0 radical (unpaired) electrons. The first-order chi connectivity index (χ1) is 7.36. The molecule has 15 heavy (non-hydrogen) atoms. The Morgan fingerprint density at radius 2 is 2.33 bits per heavy atom. The van der Waals surface area contributed by atoms with Crippen molar-refractivity contribution in [2.24, 2.45) is 5.73 Å². The van der Waals surface area contributed by atoms with Crippen LogP contribution < -0.4 is 10.5 Å². The molecule has 0 saturated carbocycles. The van der Waals surface area contributed by atoms with E-state index in [9.17, 15) is 0 Å². The highest BCUT2D eigenvalue weighted by Crippen LogP contribution is 2.17. The minimum absolute atomic E-state index is 0.666. The molecule has 5 nitrogen and oxygen atoms in total. The average molecular weight is 206 g/mol. The quantitative estimate of drug-likeness (QED) is 0.796. The van der Waals surface area contributed by atoms with Crippen LogP contribution in [0.4, 0.5) is 0 Å². The number of rotatable bonds is 4. The lowest BCUT2D eigenvalue weighted by Crippen LogP contribution is -2.03. The van der Waals surface area contributed by atoms with E-state index in [-0.39, 0.29) is 0 Å².